The quantitative estimate of drug-likeness (QED) is 0.470. The van der Waals surface area contributed by atoms with E-state index < -0.39 is 23.2 Å². The summed E-state index contributed by atoms with van der Waals surface area (Å²) in [5.41, 5.74) is -0.0709. The second kappa shape index (κ2) is 6.35. The highest BCUT2D eigenvalue weighted by Crippen LogP contribution is 2.38. The Balaban J connectivity index is 1.52. The molecule has 30 heavy (non-hydrogen) atoms. The Kier molecular flexibility index (Phi) is 3.75. The summed E-state index contributed by atoms with van der Waals surface area (Å²) in [5.74, 6) is -1.66. The van der Waals surface area contributed by atoms with Gasteiger partial charge in [0.15, 0.2) is 17.3 Å². The SMILES string of the molecule is O=C(Nc1ccc2c(c1)OCO2)c1cc(O)c2c(c1)C(=O)c1cccc(O)c1C2=O. The molecular weight excluding hydrogens is 390 g/mol. The summed E-state index contributed by atoms with van der Waals surface area (Å²) in [6.07, 6.45) is 0. The molecule has 3 aromatic rings. The average Bonchev–Trinajstić information content (AvgIpc) is 3.19. The number of phenolic OH excluding ortho intramolecular Hbond substituents is 2. The molecule has 0 spiro atoms. The molecule has 2 aliphatic rings. The van der Waals surface area contributed by atoms with Gasteiger partial charge in [0.05, 0.1) is 11.1 Å². The Labute approximate surface area is 169 Å². The molecule has 1 amide bonds. The zero-order chi connectivity index (χ0) is 21.0. The van der Waals surface area contributed by atoms with E-state index in [9.17, 15) is 24.6 Å². The van der Waals surface area contributed by atoms with Crippen LogP contribution in [-0.4, -0.2) is 34.5 Å². The Morgan fingerprint density at radius 3 is 2.43 bits per heavy atom. The lowest BCUT2D eigenvalue weighted by Crippen LogP contribution is -2.22. The van der Waals surface area contributed by atoms with Gasteiger partial charge in [0.1, 0.15) is 11.5 Å². The van der Waals surface area contributed by atoms with Crippen LogP contribution in [0, 0.1) is 0 Å². The smallest absolute Gasteiger partial charge is 0.255 e. The first-order valence-corrected chi connectivity index (χ1v) is 8.93. The van der Waals surface area contributed by atoms with Crippen molar-refractivity contribution in [3.63, 3.8) is 0 Å². The second-order valence-corrected chi connectivity index (χ2v) is 6.80. The van der Waals surface area contributed by atoms with Crippen molar-refractivity contribution in [2.75, 3.05) is 12.1 Å². The number of fused-ring (bicyclic) bond motifs is 3. The van der Waals surface area contributed by atoms with Crippen LogP contribution in [0.15, 0.2) is 48.5 Å². The highest BCUT2D eigenvalue weighted by molar-refractivity contribution is 6.30. The van der Waals surface area contributed by atoms with Gasteiger partial charge in [-0.1, -0.05) is 12.1 Å². The molecule has 0 radical (unpaired) electrons. The van der Waals surface area contributed by atoms with E-state index >= 15 is 0 Å². The Bertz CT molecular complexity index is 1280. The summed E-state index contributed by atoms with van der Waals surface area (Å²) in [6, 6.07) is 11.4. The van der Waals surface area contributed by atoms with Crippen molar-refractivity contribution in [2.24, 2.45) is 0 Å². The molecule has 1 aliphatic heterocycles. The van der Waals surface area contributed by atoms with Crippen LogP contribution in [0.4, 0.5) is 5.69 Å². The van der Waals surface area contributed by atoms with Crippen LogP contribution in [0.3, 0.4) is 0 Å². The number of ether oxygens (including phenoxy) is 2. The number of hydrogen-bond donors (Lipinski definition) is 3. The second-order valence-electron chi connectivity index (χ2n) is 6.80. The lowest BCUT2D eigenvalue weighted by atomic mass is 9.82. The molecule has 0 saturated heterocycles. The molecule has 0 atom stereocenters. The molecule has 3 aromatic carbocycles. The largest absolute Gasteiger partial charge is 0.507 e. The Hall–Kier alpha value is -4.33. The van der Waals surface area contributed by atoms with Gasteiger partial charge in [-0.15, -0.1) is 0 Å². The maximum Gasteiger partial charge on any atom is 0.255 e. The Morgan fingerprint density at radius 2 is 1.60 bits per heavy atom. The summed E-state index contributed by atoms with van der Waals surface area (Å²) in [6.45, 7) is 0.0958. The average molecular weight is 403 g/mol. The fraction of sp³-hybridized carbons (Fsp3) is 0.0455. The van der Waals surface area contributed by atoms with E-state index in [4.69, 9.17) is 9.47 Å². The normalized spacial score (nSPS) is 13.6. The van der Waals surface area contributed by atoms with E-state index in [0.717, 1.165) is 6.07 Å². The molecule has 1 aliphatic carbocycles. The predicted octanol–water partition coefficient (Wildman–Crippen LogP) is 2.85. The standard InChI is InChI=1S/C22H13NO7/c24-14-3-1-2-12-18(14)21(27)19-13(20(12)26)6-10(7-15(19)25)22(28)23-11-4-5-16-17(8-11)30-9-29-16/h1-8,24-25H,9H2,(H,23,28). The molecule has 3 N–H and O–H groups in total. The minimum atomic E-state index is -0.682. The first-order chi connectivity index (χ1) is 14.4. The summed E-state index contributed by atoms with van der Waals surface area (Å²) in [4.78, 5) is 38.4. The van der Waals surface area contributed by atoms with Crippen LogP contribution in [0.1, 0.15) is 42.2 Å². The van der Waals surface area contributed by atoms with Crippen molar-refractivity contribution < 1.29 is 34.1 Å². The first kappa shape index (κ1) is 17.7. The maximum absolute atomic E-state index is 12.9. The lowest BCUT2D eigenvalue weighted by molar-refractivity contribution is 0.0972. The molecule has 0 fully saturated rings. The maximum atomic E-state index is 12.9. The number of amides is 1. The molecule has 8 heteroatoms. The van der Waals surface area contributed by atoms with Crippen LogP contribution in [0.2, 0.25) is 0 Å². The molecule has 8 nitrogen and oxygen atoms in total. The zero-order valence-electron chi connectivity index (χ0n) is 15.3. The summed E-state index contributed by atoms with van der Waals surface area (Å²) in [5, 5.41) is 23.1. The van der Waals surface area contributed by atoms with Crippen molar-refractivity contribution in [3.8, 4) is 23.0 Å². The van der Waals surface area contributed by atoms with Crippen LogP contribution in [-0.2, 0) is 0 Å². The number of rotatable bonds is 2. The number of benzene rings is 3. The van der Waals surface area contributed by atoms with E-state index in [-0.39, 0.29) is 40.4 Å². The number of ketones is 2. The van der Waals surface area contributed by atoms with Gasteiger partial charge in [-0.2, -0.15) is 0 Å². The van der Waals surface area contributed by atoms with Crippen LogP contribution >= 0.6 is 0 Å². The van der Waals surface area contributed by atoms with Crippen molar-refractivity contribution in [1.82, 2.24) is 0 Å². The highest BCUT2D eigenvalue weighted by Gasteiger charge is 2.35. The van der Waals surface area contributed by atoms with Crippen molar-refractivity contribution in [3.05, 3.63) is 76.3 Å². The molecule has 5 rings (SSSR count). The van der Waals surface area contributed by atoms with Crippen molar-refractivity contribution in [1.29, 1.82) is 0 Å². The minimum Gasteiger partial charge on any atom is -0.507 e. The molecule has 148 valence electrons. The van der Waals surface area contributed by atoms with Crippen LogP contribution in [0.5, 0.6) is 23.0 Å². The van der Waals surface area contributed by atoms with Gasteiger partial charge in [0, 0.05) is 28.4 Å². The van der Waals surface area contributed by atoms with E-state index in [1.807, 2.05) is 0 Å². The number of anilines is 1. The van der Waals surface area contributed by atoms with Gasteiger partial charge in [0.25, 0.3) is 5.91 Å². The van der Waals surface area contributed by atoms with Gasteiger partial charge in [0.2, 0.25) is 12.6 Å². The fourth-order valence-electron chi connectivity index (χ4n) is 3.59. The lowest BCUT2D eigenvalue weighted by Gasteiger charge is -2.20. The predicted molar refractivity (Wildman–Crippen MR) is 104 cm³/mol. The van der Waals surface area contributed by atoms with E-state index in [0.29, 0.717) is 17.2 Å². The number of carbonyl (C=O) groups excluding carboxylic acids is 3. The molecule has 0 bridgehead atoms. The molecular formula is C22H13NO7. The fourth-order valence-corrected chi connectivity index (χ4v) is 3.59. The molecule has 0 aromatic heterocycles. The highest BCUT2D eigenvalue weighted by atomic mass is 16.7. The molecule has 1 heterocycles. The summed E-state index contributed by atoms with van der Waals surface area (Å²) < 4.78 is 10.5. The summed E-state index contributed by atoms with van der Waals surface area (Å²) >= 11 is 0. The van der Waals surface area contributed by atoms with Gasteiger partial charge in [-0.3, -0.25) is 14.4 Å². The van der Waals surface area contributed by atoms with Crippen LogP contribution < -0.4 is 14.8 Å². The third-order valence-electron chi connectivity index (χ3n) is 5.00. The number of carbonyl (C=O) groups is 3. The summed E-state index contributed by atoms with van der Waals surface area (Å²) in [7, 11) is 0. The molecule has 0 saturated carbocycles. The zero-order valence-corrected chi connectivity index (χ0v) is 15.3. The van der Waals surface area contributed by atoms with Gasteiger partial charge < -0.3 is 25.0 Å². The van der Waals surface area contributed by atoms with Gasteiger partial charge in [-0.05, 0) is 30.3 Å². The van der Waals surface area contributed by atoms with E-state index in [1.54, 1.807) is 18.2 Å². The van der Waals surface area contributed by atoms with E-state index in [1.165, 1.54) is 24.3 Å². The minimum absolute atomic E-state index is 0.00586. The van der Waals surface area contributed by atoms with E-state index in [2.05, 4.69) is 5.32 Å². The Morgan fingerprint density at radius 1 is 0.833 bits per heavy atom. The topological polar surface area (TPSA) is 122 Å². The third kappa shape index (κ3) is 2.58. The van der Waals surface area contributed by atoms with Gasteiger partial charge >= 0.3 is 0 Å². The van der Waals surface area contributed by atoms with Crippen LogP contribution in [0.25, 0.3) is 0 Å². The first-order valence-electron chi connectivity index (χ1n) is 8.93. The number of hydrogen-bond acceptors (Lipinski definition) is 7. The van der Waals surface area contributed by atoms with Crippen molar-refractivity contribution >= 4 is 23.2 Å². The number of nitrogens with one attached hydrogen (secondary N) is 1. The van der Waals surface area contributed by atoms with Gasteiger partial charge in [-0.25, -0.2) is 0 Å². The molecule has 0 unspecified atom stereocenters. The number of phenols is 2. The third-order valence-corrected chi connectivity index (χ3v) is 5.00. The number of aromatic hydroxyl groups is 2. The monoisotopic (exact) mass is 403 g/mol. The van der Waals surface area contributed by atoms with Crippen molar-refractivity contribution in [2.45, 2.75) is 0 Å².